The van der Waals surface area contributed by atoms with E-state index >= 15 is 0 Å². The molecule has 0 radical (unpaired) electrons. The van der Waals surface area contributed by atoms with E-state index in [0.717, 1.165) is 18.5 Å². The van der Waals surface area contributed by atoms with Crippen molar-refractivity contribution in [2.75, 3.05) is 28.4 Å². The first-order chi connectivity index (χ1) is 13.5. The average Bonchev–Trinajstić information content (AvgIpc) is 2.71. The van der Waals surface area contributed by atoms with Crippen LogP contribution in [-0.2, 0) is 14.3 Å². The van der Waals surface area contributed by atoms with Crippen LogP contribution < -0.4 is 19.5 Å². The molecule has 1 N–H and O–H groups in total. The predicted molar refractivity (Wildman–Crippen MR) is 103 cm³/mol. The van der Waals surface area contributed by atoms with Gasteiger partial charge in [-0.05, 0) is 25.8 Å². The lowest BCUT2D eigenvalue weighted by Crippen LogP contribution is -2.34. The molecule has 1 atom stereocenters. The summed E-state index contributed by atoms with van der Waals surface area (Å²) < 4.78 is 21.5. The molecule has 3 rings (SSSR count). The molecular weight excluding hydrogens is 362 g/mol. The molecule has 1 aliphatic carbocycles. The zero-order chi connectivity index (χ0) is 20.4. The van der Waals surface area contributed by atoms with Gasteiger partial charge in [-0.3, -0.25) is 4.79 Å². The van der Waals surface area contributed by atoms with E-state index in [4.69, 9.17) is 18.9 Å². The molecule has 0 bridgehead atoms. The highest BCUT2D eigenvalue weighted by atomic mass is 16.5. The quantitative estimate of drug-likeness (QED) is 0.778. The lowest BCUT2D eigenvalue weighted by molar-refractivity contribution is -0.136. The number of ether oxygens (including phenoxy) is 4. The van der Waals surface area contributed by atoms with Crippen LogP contribution in [0.25, 0.3) is 0 Å². The van der Waals surface area contributed by atoms with Crippen LogP contribution in [0.3, 0.4) is 0 Å². The SMILES string of the molecule is COC(=O)C1=C(C)NC2=C(C(=O)CCC2)[C@@H]1c1ccc(OC)c(OC)c1OC. The van der Waals surface area contributed by atoms with Crippen LogP contribution in [0.1, 0.15) is 37.7 Å². The molecule has 7 heteroatoms. The molecule has 1 aromatic rings. The maximum Gasteiger partial charge on any atom is 0.336 e. The molecule has 0 unspecified atom stereocenters. The summed E-state index contributed by atoms with van der Waals surface area (Å²) in [7, 11) is 5.91. The third-order valence-electron chi connectivity index (χ3n) is 5.23. The number of carbonyl (C=O) groups excluding carboxylic acids is 2. The zero-order valence-electron chi connectivity index (χ0n) is 16.8. The molecule has 0 aromatic heterocycles. The van der Waals surface area contributed by atoms with Gasteiger partial charge in [-0.15, -0.1) is 0 Å². The highest BCUT2D eigenvalue weighted by Gasteiger charge is 2.41. The number of carbonyl (C=O) groups is 2. The molecule has 0 amide bonds. The van der Waals surface area contributed by atoms with Crippen LogP contribution in [-0.4, -0.2) is 40.2 Å². The summed E-state index contributed by atoms with van der Waals surface area (Å²) in [6, 6.07) is 3.55. The minimum absolute atomic E-state index is 0.0180. The number of ketones is 1. The van der Waals surface area contributed by atoms with Gasteiger partial charge in [0.1, 0.15) is 0 Å². The monoisotopic (exact) mass is 387 g/mol. The fourth-order valence-corrected chi connectivity index (χ4v) is 4.03. The lowest BCUT2D eigenvalue weighted by atomic mass is 9.75. The Labute approximate surface area is 164 Å². The molecule has 0 saturated carbocycles. The number of allylic oxidation sites excluding steroid dienone is 3. The third-order valence-corrected chi connectivity index (χ3v) is 5.23. The van der Waals surface area contributed by atoms with Gasteiger partial charge in [0, 0.05) is 29.0 Å². The van der Waals surface area contributed by atoms with Crippen molar-refractivity contribution in [3.63, 3.8) is 0 Å². The molecule has 7 nitrogen and oxygen atoms in total. The van der Waals surface area contributed by atoms with Crippen molar-refractivity contribution in [1.82, 2.24) is 5.32 Å². The molecule has 0 spiro atoms. The number of methoxy groups -OCH3 is 4. The van der Waals surface area contributed by atoms with E-state index in [0.29, 0.717) is 46.1 Å². The highest BCUT2D eigenvalue weighted by molar-refractivity contribution is 6.04. The van der Waals surface area contributed by atoms with E-state index in [2.05, 4.69) is 5.32 Å². The standard InChI is InChI=1S/C21H25NO6/c1-11-16(21(24)28-5)17(18-13(22-11)7-6-8-14(18)23)12-9-10-15(25-2)20(27-4)19(12)26-3/h9-10,17,22H,6-8H2,1-5H3/t17-/m1/s1. The van der Waals surface area contributed by atoms with Crippen molar-refractivity contribution >= 4 is 11.8 Å². The van der Waals surface area contributed by atoms with Crippen molar-refractivity contribution in [3.05, 3.63) is 40.2 Å². The minimum Gasteiger partial charge on any atom is -0.493 e. The number of esters is 1. The first-order valence-electron chi connectivity index (χ1n) is 9.09. The van der Waals surface area contributed by atoms with Gasteiger partial charge < -0.3 is 24.3 Å². The van der Waals surface area contributed by atoms with Crippen LogP contribution in [0.4, 0.5) is 0 Å². The van der Waals surface area contributed by atoms with E-state index in [1.165, 1.54) is 28.4 Å². The first-order valence-corrected chi connectivity index (χ1v) is 9.09. The Hall–Kier alpha value is -2.96. The Kier molecular flexibility index (Phi) is 5.63. The van der Waals surface area contributed by atoms with Gasteiger partial charge in [-0.25, -0.2) is 4.79 Å². The Morgan fingerprint density at radius 2 is 1.75 bits per heavy atom. The maximum atomic E-state index is 12.9. The van der Waals surface area contributed by atoms with E-state index < -0.39 is 11.9 Å². The smallest absolute Gasteiger partial charge is 0.336 e. The van der Waals surface area contributed by atoms with E-state index in [-0.39, 0.29) is 5.78 Å². The summed E-state index contributed by atoms with van der Waals surface area (Å²) in [6.45, 7) is 1.81. The summed E-state index contributed by atoms with van der Waals surface area (Å²) in [5, 5.41) is 3.24. The summed E-state index contributed by atoms with van der Waals surface area (Å²) in [6.07, 6.45) is 1.97. The molecule has 28 heavy (non-hydrogen) atoms. The maximum absolute atomic E-state index is 12.9. The van der Waals surface area contributed by atoms with Crippen LogP contribution >= 0.6 is 0 Å². The summed E-state index contributed by atoms with van der Waals surface area (Å²) >= 11 is 0. The van der Waals surface area contributed by atoms with Crippen molar-refractivity contribution in [1.29, 1.82) is 0 Å². The largest absolute Gasteiger partial charge is 0.493 e. The summed E-state index contributed by atoms with van der Waals surface area (Å²) in [5.41, 5.74) is 3.15. The molecule has 0 saturated heterocycles. The van der Waals surface area contributed by atoms with E-state index in [9.17, 15) is 9.59 Å². The summed E-state index contributed by atoms with van der Waals surface area (Å²) in [5.74, 6) is 0.260. The lowest BCUT2D eigenvalue weighted by Gasteiger charge is -2.34. The van der Waals surface area contributed by atoms with Crippen molar-refractivity contribution in [3.8, 4) is 17.2 Å². The first kappa shape index (κ1) is 19.8. The normalized spacial score (nSPS) is 19.0. The van der Waals surface area contributed by atoms with Crippen molar-refractivity contribution < 1.29 is 28.5 Å². The average molecular weight is 387 g/mol. The van der Waals surface area contributed by atoms with Gasteiger partial charge in [-0.1, -0.05) is 6.07 Å². The molecule has 0 fully saturated rings. The van der Waals surface area contributed by atoms with Crippen molar-refractivity contribution in [2.45, 2.75) is 32.1 Å². The number of nitrogens with one attached hydrogen (secondary N) is 1. The predicted octanol–water partition coefficient (Wildman–Crippen LogP) is 2.85. The molecular formula is C21H25NO6. The van der Waals surface area contributed by atoms with Gasteiger partial charge in [-0.2, -0.15) is 0 Å². The van der Waals surface area contributed by atoms with Crippen LogP contribution in [0.2, 0.25) is 0 Å². The number of Topliss-reactive ketones (excluding diaryl/α,β-unsaturated/α-hetero) is 1. The van der Waals surface area contributed by atoms with Crippen LogP contribution in [0.15, 0.2) is 34.7 Å². The highest BCUT2D eigenvalue weighted by Crippen LogP contribution is 2.49. The van der Waals surface area contributed by atoms with Crippen LogP contribution in [0, 0.1) is 0 Å². The number of rotatable bonds is 5. The fourth-order valence-electron chi connectivity index (χ4n) is 4.03. The second-order valence-corrected chi connectivity index (χ2v) is 6.68. The fraction of sp³-hybridized carbons (Fsp3) is 0.429. The molecule has 2 aliphatic rings. The number of dihydropyridines is 1. The zero-order valence-corrected chi connectivity index (χ0v) is 16.8. The van der Waals surface area contributed by atoms with Gasteiger partial charge in [0.25, 0.3) is 0 Å². The molecule has 1 aromatic carbocycles. The van der Waals surface area contributed by atoms with Gasteiger partial charge >= 0.3 is 5.97 Å². The molecule has 1 heterocycles. The van der Waals surface area contributed by atoms with E-state index in [1.807, 2.05) is 6.92 Å². The Morgan fingerprint density at radius 1 is 1.04 bits per heavy atom. The number of hydrogen-bond donors (Lipinski definition) is 1. The number of hydrogen-bond acceptors (Lipinski definition) is 7. The third kappa shape index (κ3) is 3.10. The topological polar surface area (TPSA) is 83.1 Å². The summed E-state index contributed by atoms with van der Waals surface area (Å²) in [4.78, 5) is 25.6. The Balaban J connectivity index is 2.30. The van der Waals surface area contributed by atoms with Gasteiger partial charge in [0.15, 0.2) is 17.3 Å². The van der Waals surface area contributed by atoms with Crippen molar-refractivity contribution in [2.24, 2.45) is 0 Å². The van der Waals surface area contributed by atoms with Gasteiger partial charge in [0.2, 0.25) is 5.75 Å². The van der Waals surface area contributed by atoms with E-state index in [1.54, 1.807) is 12.1 Å². The second-order valence-electron chi connectivity index (χ2n) is 6.68. The Bertz CT molecular complexity index is 883. The second kappa shape index (κ2) is 7.96. The molecule has 1 aliphatic heterocycles. The van der Waals surface area contributed by atoms with Gasteiger partial charge in [0.05, 0.1) is 39.9 Å². The minimum atomic E-state index is -0.605. The number of benzene rings is 1. The molecule has 150 valence electrons. The van der Waals surface area contributed by atoms with Crippen LogP contribution in [0.5, 0.6) is 17.2 Å². The Morgan fingerprint density at radius 3 is 2.36 bits per heavy atom.